The second-order valence-corrected chi connectivity index (χ2v) is 5.74. The van der Waals surface area contributed by atoms with Crippen molar-refractivity contribution in [2.75, 3.05) is 13.1 Å². The SMILES string of the molecule is Cc1cc(OC2CN(C(=O)c3ccc(OC(F)(F)F)cc3)C2)cc(=O)o1. The maximum atomic E-state index is 12.3. The van der Waals surface area contributed by atoms with Crippen LogP contribution in [0.5, 0.6) is 11.5 Å². The summed E-state index contributed by atoms with van der Waals surface area (Å²) in [6, 6.07) is 7.50. The molecule has 0 atom stereocenters. The normalized spacial score (nSPS) is 14.7. The monoisotopic (exact) mass is 369 g/mol. The highest BCUT2D eigenvalue weighted by Crippen LogP contribution is 2.24. The molecule has 0 N–H and O–H groups in total. The third-order valence-electron chi connectivity index (χ3n) is 3.64. The smallest absolute Gasteiger partial charge is 0.486 e. The summed E-state index contributed by atoms with van der Waals surface area (Å²) < 4.78 is 50.6. The van der Waals surface area contributed by atoms with Crippen LogP contribution in [0.25, 0.3) is 0 Å². The second kappa shape index (κ2) is 6.74. The first kappa shape index (κ1) is 17.8. The van der Waals surface area contributed by atoms with Crippen LogP contribution in [0.1, 0.15) is 16.1 Å². The van der Waals surface area contributed by atoms with Crippen LogP contribution in [-0.4, -0.2) is 36.4 Å². The minimum absolute atomic E-state index is 0.245. The first-order chi connectivity index (χ1) is 12.2. The van der Waals surface area contributed by atoms with E-state index in [0.717, 1.165) is 12.1 Å². The van der Waals surface area contributed by atoms with Gasteiger partial charge < -0.3 is 18.8 Å². The Morgan fingerprint density at radius 3 is 2.38 bits per heavy atom. The average molecular weight is 369 g/mol. The summed E-state index contributed by atoms with van der Waals surface area (Å²) in [7, 11) is 0. The molecular formula is C17H14F3NO5. The van der Waals surface area contributed by atoms with E-state index in [1.165, 1.54) is 23.1 Å². The maximum Gasteiger partial charge on any atom is 0.573 e. The molecular weight excluding hydrogens is 355 g/mol. The van der Waals surface area contributed by atoms with Crippen molar-refractivity contribution in [3.8, 4) is 11.5 Å². The molecule has 1 amide bonds. The summed E-state index contributed by atoms with van der Waals surface area (Å²) in [4.78, 5) is 25.0. The number of benzene rings is 1. The van der Waals surface area contributed by atoms with E-state index < -0.39 is 17.7 Å². The first-order valence-electron chi connectivity index (χ1n) is 7.63. The topological polar surface area (TPSA) is 69.0 Å². The lowest BCUT2D eigenvalue weighted by Gasteiger charge is -2.39. The minimum Gasteiger partial charge on any atom is -0.486 e. The van der Waals surface area contributed by atoms with Gasteiger partial charge in [-0.2, -0.15) is 0 Å². The van der Waals surface area contributed by atoms with Gasteiger partial charge in [0, 0.05) is 11.6 Å². The molecule has 0 radical (unpaired) electrons. The van der Waals surface area contributed by atoms with Gasteiger partial charge in [-0.1, -0.05) is 0 Å². The van der Waals surface area contributed by atoms with Crippen LogP contribution in [0.4, 0.5) is 13.2 Å². The lowest BCUT2D eigenvalue weighted by Crippen LogP contribution is -2.56. The number of rotatable bonds is 4. The van der Waals surface area contributed by atoms with Gasteiger partial charge in [-0.15, -0.1) is 13.2 Å². The quantitative estimate of drug-likeness (QED) is 0.829. The summed E-state index contributed by atoms with van der Waals surface area (Å²) in [6.07, 6.45) is -5.05. The third kappa shape index (κ3) is 4.35. The average Bonchev–Trinajstić information content (AvgIpc) is 2.48. The van der Waals surface area contributed by atoms with Crippen LogP contribution < -0.4 is 15.1 Å². The molecule has 0 unspecified atom stereocenters. The van der Waals surface area contributed by atoms with Gasteiger partial charge in [0.05, 0.1) is 19.2 Å². The number of aryl methyl sites for hydroxylation is 1. The Balaban J connectivity index is 1.55. The Bertz CT molecular complexity index is 854. The fourth-order valence-corrected chi connectivity index (χ4v) is 2.50. The molecule has 2 heterocycles. The van der Waals surface area contributed by atoms with E-state index in [9.17, 15) is 22.8 Å². The van der Waals surface area contributed by atoms with Crippen LogP contribution in [0.2, 0.25) is 0 Å². The third-order valence-corrected chi connectivity index (χ3v) is 3.64. The molecule has 2 aromatic rings. The van der Waals surface area contributed by atoms with Crippen molar-refractivity contribution in [2.24, 2.45) is 0 Å². The minimum atomic E-state index is -4.78. The van der Waals surface area contributed by atoms with Gasteiger partial charge in [0.2, 0.25) is 0 Å². The van der Waals surface area contributed by atoms with Crippen molar-refractivity contribution in [3.05, 3.63) is 58.1 Å². The number of amides is 1. The Hall–Kier alpha value is -2.97. The van der Waals surface area contributed by atoms with Crippen LogP contribution >= 0.6 is 0 Å². The molecule has 1 aromatic carbocycles. The number of alkyl halides is 3. The van der Waals surface area contributed by atoms with Gasteiger partial charge >= 0.3 is 12.0 Å². The Labute approximate surface area is 145 Å². The second-order valence-electron chi connectivity index (χ2n) is 5.74. The lowest BCUT2D eigenvalue weighted by molar-refractivity contribution is -0.274. The van der Waals surface area contributed by atoms with Crippen molar-refractivity contribution >= 4 is 5.91 Å². The van der Waals surface area contributed by atoms with Crippen LogP contribution in [0.3, 0.4) is 0 Å². The van der Waals surface area contributed by atoms with Crippen molar-refractivity contribution in [1.29, 1.82) is 0 Å². The molecule has 6 nitrogen and oxygen atoms in total. The Morgan fingerprint density at radius 1 is 1.15 bits per heavy atom. The zero-order valence-corrected chi connectivity index (χ0v) is 13.6. The van der Waals surface area contributed by atoms with Gasteiger partial charge in [-0.05, 0) is 31.2 Å². The number of hydrogen-bond donors (Lipinski definition) is 0. The maximum absolute atomic E-state index is 12.3. The zero-order chi connectivity index (χ0) is 18.9. The molecule has 0 bridgehead atoms. The summed E-state index contributed by atoms with van der Waals surface area (Å²) in [5.74, 6) is 0.0646. The van der Waals surface area contributed by atoms with E-state index in [-0.39, 0.29) is 17.6 Å². The van der Waals surface area contributed by atoms with E-state index in [2.05, 4.69) is 4.74 Å². The molecule has 1 aromatic heterocycles. The Morgan fingerprint density at radius 2 is 1.81 bits per heavy atom. The van der Waals surface area contributed by atoms with Crippen LogP contribution in [0.15, 0.2) is 45.6 Å². The van der Waals surface area contributed by atoms with Gasteiger partial charge in [-0.3, -0.25) is 4.79 Å². The number of halogens is 3. The standard InChI is InChI=1S/C17H14F3NO5/c1-10-6-13(7-15(22)24-10)25-14-8-21(9-14)16(23)11-2-4-12(5-3-11)26-17(18,19)20/h2-7,14H,8-9H2,1H3. The number of nitrogens with zero attached hydrogens (tertiary/aromatic N) is 1. The number of likely N-dealkylation sites (tertiary alicyclic amines) is 1. The van der Waals surface area contributed by atoms with Gasteiger partial charge in [-0.25, -0.2) is 4.79 Å². The van der Waals surface area contributed by atoms with E-state index in [0.29, 0.717) is 24.6 Å². The number of carbonyl (C=O) groups excluding carboxylic acids is 1. The first-order valence-corrected chi connectivity index (χ1v) is 7.63. The predicted octanol–water partition coefficient (Wildman–Crippen LogP) is 2.75. The van der Waals surface area contributed by atoms with Crippen molar-refractivity contribution in [3.63, 3.8) is 0 Å². The summed E-state index contributed by atoms with van der Waals surface area (Å²) in [5, 5.41) is 0. The molecule has 1 fully saturated rings. The van der Waals surface area contributed by atoms with Gasteiger partial charge in [0.1, 0.15) is 23.4 Å². The van der Waals surface area contributed by atoms with Gasteiger partial charge in [0.25, 0.3) is 5.91 Å². The van der Waals surface area contributed by atoms with E-state index >= 15 is 0 Å². The number of ether oxygens (including phenoxy) is 2. The number of carbonyl (C=O) groups is 1. The molecule has 0 saturated carbocycles. The van der Waals surface area contributed by atoms with Crippen molar-refractivity contribution in [1.82, 2.24) is 4.90 Å². The molecule has 1 aliphatic rings. The van der Waals surface area contributed by atoms with E-state index in [4.69, 9.17) is 9.15 Å². The fourth-order valence-electron chi connectivity index (χ4n) is 2.50. The molecule has 0 aliphatic carbocycles. The zero-order valence-electron chi connectivity index (χ0n) is 13.6. The fraction of sp³-hybridized carbons (Fsp3) is 0.294. The highest BCUT2D eigenvalue weighted by atomic mass is 19.4. The molecule has 1 aliphatic heterocycles. The molecule has 9 heteroatoms. The molecule has 1 saturated heterocycles. The summed E-state index contributed by atoms with van der Waals surface area (Å²) in [6.45, 7) is 2.23. The van der Waals surface area contributed by atoms with E-state index in [1.807, 2.05) is 0 Å². The highest BCUT2D eigenvalue weighted by Gasteiger charge is 2.34. The van der Waals surface area contributed by atoms with Crippen LogP contribution in [0, 0.1) is 6.92 Å². The molecule has 138 valence electrons. The van der Waals surface area contributed by atoms with Crippen LogP contribution in [-0.2, 0) is 0 Å². The van der Waals surface area contributed by atoms with E-state index in [1.54, 1.807) is 13.0 Å². The highest BCUT2D eigenvalue weighted by molar-refractivity contribution is 5.94. The predicted molar refractivity (Wildman–Crippen MR) is 83.2 cm³/mol. The molecule has 26 heavy (non-hydrogen) atoms. The summed E-state index contributed by atoms with van der Waals surface area (Å²) in [5.41, 5.74) is -0.275. The number of hydrogen-bond acceptors (Lipinski definition) is 5. The van der Waals surface area contributed by atoms with Gasteiger partial charge in [0.15, 0.2) is 0 Å². The van der Waals surface area contributed by atoms with Crippen molar-refractivity contribution < 1.29 is 31.9 Å². The van der Waals surface area contributed by atoms with Crippen molar-refractivity contribution in [2.45, 2.75) is 19.4 Å². The molecule has 0 spiro atoms. The summed E-state index contributed by atoms with van der Waals surface area (Å²) >= 11 is 0. The Kier molecular flexibility index (Phi) is 4.62. The lowest BCUT2D eigenvalue weighted by atomic mass is 10.1. The molecule has 3 rings (SSSR count). The largest absolute Gasteiger partial charge is 0.573 e.